The maximum atomic E-state index is 12.1. The molecule has 1 aromatic rings. The number of aromatic nitrogens is 2. The summed E-state index contributed by atoms with van der Waals surface area (Å²) < 4.78 is 8.78. The molecule has 0 atom stereocenters. The predicted molar refractivity (Wildman–Crippen MR) is 91.1 cm³/mol. The monoisotopic (exact) mass is 325 g/mol. The molecule has 1 saturated heterocycles. The Kier molecular flexibility index (Phi) is 5.87. The third-order valence-corrected chi connectivity index (χ3v) is 4.20. The summed E-state index contributed by atoms with van der Waals surface area (Å²) in [6.45, 7) is 6.93. The Hall–Kier alpha value is -1.51. The number of morpholine rings is 1. The molecule has 0 amide bonds. The van der Waals surface area contributed by atoms with Crippen LogP contribution in [0.4, 0.5) is 11.5 Å². The molecule has 1 fully saturated rings. The zero-order valence-electron chi connectivity index (χ0n) is 13.3. The van der Waals surface area contributed by atoms with Gasteiger partial charge in [0.2, 0.25) is 0 Å². The minimum atomic E-state index is -0.177. The van der Waals surface area contributed by atoms with Crippen LogP contribution in [0.25, 0.3) is 0 Å². The van der Waals surface area contributed by atoms with Gasteiger partial charge in [0.1, 0.15) is 10.3 Å². The van der Waals surface area contributed by atoms with Gasteiger partial charge in [-0.25, -0.2) is 9.79 Å². The van der Waals surface area contributed by atoms with E-state index in [1.807, 2.05) is 6.92 Å². The molecule has 2 heterocycles. The topological polar surface area (TPSA) is 63.8 Å². The first kappa shape index (κ1) is 16.9. The Morgan fingerprint density at radius 1 is 1.32 bits per heavy atom. The van der Waals surface area contributed by atoms with Gasteiger partial charge >= 0.3 is 5.69 Å². The van der Waals surface area contributed by atoms with E-state index in [0.717, 1.165) is 45.1 Å². The Morgan fingerprint density at radius 3 is 2.64 bits per heavy atom. The molecule has 1 N–H and O–H groups in total. The van der Waals surface area contributed by atoms with E-state index in [1.54, 1.807) is 20.3 Å². The van der Waals surface area contributed by atoms with Gasteiger partial charge in [0.05, 0.1) is 13.2 Å². The second-order valence-electron chi connectivity index (χ2n) is 5.17. The molecule has 7 nitrogen and oxygen atoms in total. The smallest absolute Gasteiger partial charge is 0.330 e. The van der Waals surface area contributed by atoms with Gasteiger partial charge in [-0.05, 0) is 6.92 Å². The van der Waals surface area contributed by atoms with E-state index in [0.29, 0.717) is 10.5 Å². The summed E-state index contributed by atoms with van der Waals surface area (Å²) in [5.41, 5.74) is 0.551. The van der Waals surface area contributed by atoms with E-state index in [2.05, 4.69) is 15.2 Å². The second-order valence-corrected chi connectivity index (χ2v) is 5.56. The van der Waals surface area contributed by atoms with E-state index in [9.17, 15) is 4.79 Å². The van der Waals surface area contributed by atoms with Crippen LogP contribution < -0.4 is 11.0 Å². The molecule has 2 rings (SSSR count). The van der Waals surface area contributed by atoms with Crippen molar-refractivity contribution in [3.63, 3.8) is 0 Å². The summed E-state index contributed by atoms with van der Waals surface area (Å²) in [6, 6.07) is 0. The first-order chi connectivity index (χ1) is 10.6. The second kappa shape index (κ2) is 7.66. The van der Waals surface area contributed by atoms with E-state index in [1.165, 1.54) is 9.13 Å². The highest BCUT2D eigenvalue weighted by Crippen LogP contribution is 2.23. The van der Waals surface area contributed by atoms with Crippen molar-refractivity contribution in [3.8, 4) is 0 Å². The number of hydrogen-bond acceptors (Lipinski definition) is 6. The quantitative estimate of drug-likeness (QED) is 0.644. The zero-order valence-corrected chi connectivity index (χ0v) is 14.2. The normalized spacial score (nSPS) is 16.3. The lowest BCUT2D eigenvalue weighted by molar-refractivity contribution is 0.0398. The van der Waals surface area contributed by atoms with Crippen molar-refractivity contribution < 1.29 is 4.74 Å². The molecule has 22 heavy (non-hydrogen) atoms. The van der Waals surface area contributed by atoms with E-state index in [4.69, 9.17) is 17.0 Å². The summed E-state index contributed by atoms with van der Waals surface area (Å²) in [5, 5.41) is 3.34. The van der Waals surface area contributed by atoms with Crippen LogP contribution in [-0.4, -0.2) is 59.6 Å². The summed E-state index contributed by atoms with van der Waals surface area (Å²) in [7, 11) is 3.38. The van der Waals surface area contributed by atoms with Crippen LogP contribution in [0.15, 0.2) is 9.79 Å². The van der Waals surface area contributed by atoms with E-state index in [-0.39, 0.29) is 5.69 Å². The highest BCUT2D eigenvalue weighted by molar-refractivity contribution is 7.71. The van der Waals surface area contributed by atoms with Crippen LogP contribution in [0.1, 0.15) is 6.92 Å². The molecule has 0 spiro atoms. The Labute approximate surface area is 135 Å². The molecule has 122 valence electrons. The van der Waals surface area contributed by atoms with Gasteiger partial charge in [-0.3, -0.25) is 14.0 Å². The lowest BCUT2D eigenvalue weighted by Crippen LogP contribution is -2.39. The van der Waals surface area contributed by atoms with Crippen LogP contribution in [0.5, 0.6) is 0 Å². The van der Waals surface area contributed by atoms with Gasteiger partial charge in [0.25, 0.3) is 0 Å². The van der Waals surface area contributed by atoms with Crippen LogP contribution in [-0.2, 0) is 18.8 Å². The standard InChI is InChI=1S/C14H23N5O2S/c1-4-15-12-11(13(22)18(3)14(20)17(12)2)16-5-6-19-7-9-21-10-8-19/h4,16H,5-10H2,1-3H3. The van der Waals surface area contributed by atoms with Gasteiger partial charge in [-0.2, -0.15) is 0 Å². The van der Waals surface area contributed by atoms with E-state index >= 15 is 0 Å². The largest absolute Gasteiger partial charge is 0.379 e. The summed E-state index contributed by atoms with van der Waals surface area (Å²) in [4.78, 5) is 18.7. The first-order valence-electron chi connectivity index (χ1n) is 7.39. The van der Waals surface area contributed by atoms with Gasteiger partial charge in [-0.1, -0.05) is 12.2 Å². The molecule has 8 heteroatoms. The number of hydrogen-bond donors (Lipinski definition) is 1. The fourth-order valence-corrected chi connectivity index (χ4v) is 2.67. The lowest BCUT2D eigenvalue weighted by atomic mass is 10.4. The number of ether oxygens (including phenoxy) is 1. The van der Waals surface area contributed by atoms with Crippen molar-refractivity contribution >= 4 is 29.9 Å². The molecule has 1 aromatic heterocycles. The van der Waals surface area contributed by atoms with Crippen molar-refractivity contribution in [2.45, 2.75) is 6.92 Å². The van der Waals surface area contributed by atoms with Gasteiger partial charge in [0.15, 0.2) is 5.82 Å². The van der Waals surface area contributed by atoms with Crippen molar-refractivity contribution in [1.82, 2.24) is 14.0 Å². The van der Waals surface area contributed by atoms with E-state index < -0.39 is 0 Å². The van der Waals surface area contributed by atoms with Crippen molar-refractivity contribution in [3.05, 3.63) is 15.1 Å². The van der Waals surface area contributed by atoms with Crippen molar-refractivity contribution in [1.29, 1.82) is 0 Å². The minimum absolute atomic E-state index is 0.177. The summed E-state index contributed by atoms with van der Waals surface area (Å²) in [6.07, 6.45) is 1.66. The first-order valence-corrected chi connectivity index (χ1v) is 7.79. The number of nitrogens with one attached hydrogen (secondary N) is 1. The summed E-state index contributed by atoms with van der Waals surface area (Å²) in [5.74, 6) is 0.567. The van der Waals surface area contributed by atoms with Crippen molar-refractivity contribution in [2.75, 3.05) is 44.7 Å². The van der Waals surface area contributed by atoms with Crippen molar-refractivity contribution in [2.24, 2.45) is 19.1 Å². The summed E-state index contributed by atoms with van der Waals surface area (Å²) >= 11 is 5.39. The molecular weight excluding hydrogens is 302 g/mol. The minimum Gasteiger partial charge on any atom is -0.379 e. The molecule has 0 unspecified atom stereocenters. The maximum Gasteiger partial charge on any atom is 0.330 e. The number of nitrogens with zero attached hydrogens (tertiary/aromatic N) is 4. The third kappa shape index (κ3) is 3.63. The molecule has 0 radical (unpaired) electrons. The van der Waals surface area contributed by atoms with Crippen LogP contribution in [0.3, 0.4) is 0 Å². The number of rotatable bonds is 5. The number of anilines is 1. The Bertz CT molecular complexity index is 658. The highest BCUT2D eigenvalue weighted by Gasteiger charge is 2.13. The molecule has 0 aliphatic carbocycles. The molecular formula is C14H23N5O2S. The molecule has 1 aliphatic rings. The van der Waals surface area contributed by atoms with Gasteiger partial charge in [0, 0.05) is 46.5 Å². The molecule has 0 bridgehead atoms. The predicted octanol–water partition coefficient (Wildman–Crippen LogP) is 0.920. The highest BCUT2D eigenvalue weighted by atomic mass is 32.1. The lowest BCUT2D eigenvalue weighted by Gasteiger charge is -2.26. The zero-order chi connectivity index (χ0) is 16.1. The van der Waals surface area contributed by atoms with Crippen LogP contribution in [0.2, 0.25) is 0 Å². The Balaban J connectivity index is 2.18. The number of aliphatic imine (C=N–C) groups is 1. The SMILES string of the molecule is CC=Nc1c(NCCN2CCOCC2)c(=S)n(C)c(=O)n1C. The van der Waals surface area contributed by atoms with Gasteiger partial charge < -0.3 is 10.1 Å². The molecule has 1 aliphatic heterocycles. The Morgan fingerprint density at radius 2 is 2.00 bits per heavy atom. The molecule has 0 aromatic carbocycles. The molecule has 0 saturated carbocycles. The average molecular weight is 325 g/mol. The maximum absolute atomic E-state index is 12.1. The average Bonchev–Trinajstić information content (AvgIpc) is 2.54. The third-order valence-electron chi connectivity index (χ3n) is 3.72. The van der Waals surface area contributed by atoms with Gasteiger partial charge in [-0.15, -0.1) is 0 Å². The van der Waals surface area contributed by atoms with Crippen LogP contribution in [0, 0.1) is 4.64 Å². The van der Waals surface area contributed by atoms with Crippen LogP contribution >= 0.6 is 12.2 Å². The fourth-order valence-electron chi connectivity index (χ4n) is 2.43. The fraction of sp³-hybridized carbons (Fsp3) is 0.643.